The monoisotopic (exact) mass is 289 g/mol. The van der Waals surface area contributed by atoms with Gasteiger partial charge in [0.1, 0.15) is 10.8 Å². The van der Waals surface area contributed by atoms with E-state index in [9.17, 15) is 0 Å². The SMILES string of the molecule is CSc1cccc(Nc2cc(C(N)=S)cc(C)n2)c1. The minimum absolute atomic E-state index is 0.381. The van der Waals surface area contributed by atoms with E-state index in [-0.39, 0.29) is 0 Å². The first-order valence-corrected chi connectivity index (χ1v) is 7.41. The molecular formula is C14H15N3S2. The molecule has 0 saturated carbocycles. The van der Waals surface area contributed by atoms with Gasteiger partial charge in [0.2, 0.25) is 0 Å². The molecule has 0 radical (unpaired) electrons. The van der Waals surface area contributed by atoms with Crippen LogP contribution in [0.25, 0.3) is 0 Å². The fourth-order valence-electron chi connectivity index (χ4n) is 1.72. The maximum atomic E-state index is 5.66. The van der Waals surface area contributed by atoms with Crippen molar-refractivity contribution in [2.24, 2.45) is 5.73 Å². The van der Waals surface area contributed by atoms with E-state index >= 15 is 0 Å². The second-order valence-corrected chi connectivity index (χ2v) is 5.42. The summed E-state index contributed by atoms with van der Waals surface area (Å²) < 4.78 is 0. The second-order valence-electron chi connectivity index (χ2n) is 4.10. The Hall–Kier alpha value is -1.59. The molecule has 19 heavy (non-hydrogen) atoms. The van der Waals surface area contributed by atoms with Crippen molar-refractivity contribution in [3.05, 3.63) is 47.7 Å². The lowest BCUT2D eigenvalue weighted by Crippen LogP contribution is -2.10. The van der Waals surface area contributed by atoms with Crippen LogP contribution in [0.4, 0.5) is 11.5 Å². The molecule has 0 spiro atoms. The number of rotatable bonds is 4. The average Bonchev–Trinajstić information content (AvgIpc) is 2.38. The molecule has 1 aromatic carbocycles. The number of anilines is 2. The predicted molar refractivity (Wildman–Crippen MR) is 86.4 cm³/mol. The molecule has 3 nitrogen and oxygen atoms in total. The first kappa shape index (κ1) is 13.8. The van der Waals surface area contributed by atoms with Crippen molar-refractivity contribution in [2.45, 2.75) is 11.8 Å². The van der Waals surface area contributed by atoms with Gasteiger partial charge < -0.3 is 11.1 Å². The number of hydrogen-bond acceptors (Lipinski definition) is 4. The van der Waals surface area contributed by atoms with E-state index in [1.54, 1.807) is 11.8 Å². The highest BCUT2D eigenvalue weighted by Gasteiger charge is 2.03. The van der Waals surface area contributed by atoms with Gasteiger partial charge in [-0.15, -0.1) is 11.8 Å². The Morgan fingerprint density at radius 2 is 2.11 bits per heavy atom. The smallest absolute Gasteiger partial charge is 0.131 e. The maximum Gasteiger partial charge on any atom is 0.131 e. The topological polar surface area (TPSA) is 50.9 Å². The van der Waals surface area contributed by atoms with Crippen molar-refractivity contribution in [1.29, 1.82) is 0 Å². The number of benzene rings is 1. The molecule has 98 valence electrons. The molecule has 0 aliphatic heterocycles. The Bertz CT molecular complexity index is 611. The van der Waals surface area contributed by atoms with Crippen LogP contribution in [0.2, 0.25) is 0 Å². The molecule has 1 aromatic heterocycles. The van der Waals surface area contributed by atoms with Gasteiger partial charge in [-0.2, -0.15) is 0 Å². The molecule has 0 aliphatic rings. The molecule has 2 rings (SSSR count). The summed E-state index contributed by atoms with van der Waals surface area (Å²) >= 11 is 6.71. The number of aromatic nitrogens is 1. The van der Waals surface area contributed by atoms with E-state index in [4.69, 9.17) is 18.0 Å². The summed E-state index contributed by atoms with van der Waals surface area (Å²) in [5.74, 6) is 0.751. The molecular weight excluding hydrogens is 274 g/mol. The summed E-state index contributed by atoms with van der Waals surface area (Å²) in [6.45, 7) is 1.92. The fourth-order valence-corrected chi connectivity index (χ4v) is 2.30. The molecule has 0 atom stereocenters. The van der Waals surface area contributed by atoms with Crippen LogP contribution in [0.1, 0.15) is 11.3 Å². The fraction of sp³-hybridized carbons (Fsp3) is 0.143. The zero-order valence-corrected chi connectivity index (χ0v) is 12.4. The van der Waals surface area contributed by atoms with Crippen molar-refractivity contribution in [3.8, 4) is 0 Å². The third kappa shape index (κ3) is 3.68. The van der Waals surface area contributed by atoms with Gasteiger partial charge in [0, 0.05) is 21.8 Å². The van der Waals surface area contributed by atoms with Gasteiger partial charge >= 0.3 is 0 Å². The maximum absolute atomic E-state index is 5.66. The van der Waals surface area contributed by atoms with E-state index in [0.717, 1.165) is 22.8 Å². The van der Waals surface area contributed by atoms with Crippen LogP contribution in [0.3, 0.4) is 0 Å². The Labute approximate surface area is 122 Å². The summed E-state index contributed by atoms with van der Waals surface area (Å²) in [6.07, 6.45) is 2.05. The van der Waals surface area contributed by atoms with Crippen LogP contribution in [-0.2, 0) is 0 Å². The normalized spacial score (nSPS) is 10.2. The third-order valence-corrected chi connectivity index (χ3v) is 3.54. The number of aryl methyl sites for hydroxylation is 1. The van der Waals surface area contributed by atoms with Crippen LogP contribution in [0.15, 0.2) is 41.3 Å². The van der Waals surface area contributed by atoms with E-state index in [1.165, 1.54) is 4.90 Å². The van der Waals surface area contributed by atoms with Gasteiger partial charge in [-0.05, 0) is 43.5 Å². The number of nitrogens with zero attached hydrogens (tertiary/aromatic N) is 1. The molecule has 5 heteroatoms. The Morgan fingerprint density at radius 1 is 1.32 bits per heavy atom. The molecule has 3 N–H and O–H groups in total. The van der Waals surface area contributed by atoms with Gasteiger partial charge in [-0.25, -0.2) is 4.98 Å². The lowest BCUT2D eigenvalue weighted by molar-refractivity contribution is 1.19. The molecule has 0 amide bonds. The Balaban J connectivity index is 2.29. The number of pyridine rings is 1. The van der Waals surface area contributed by atoms with E-state index in [0.29, 0.717) is 4.99 Å². The van der Waals surface area contributed by atoms with E-state index in [1.807, 2.05) is 31.2 Å². The van der Waals surface area contributed by atoms with Gasteiger partial charge in [0.05, 0.1) is 0 Å². The number of hydrogen-bond donors (Lipinski definition) is 2. The number of thioether (sulfide) groups is 1. The molecule has 0 aliphatic carbocycles. The predicted octanol–water partition coefficient (Wildman–Crippen LogP) is 3.49. The molecule has 2 aromatic rings. The summed E-state index contributed by atoms with van der Waals surface area (Å²) in [7, 11) is 0. The van der Waals surface area contributed by atoms with Crippen molar-refractivity contribution in [1.82, 2.24) is 4.98 Å². The number of nitrogens with two attached hydrogens (primary N) is 1. The zero-order valence-electron chi connectivity index (χ0n) is 10.8. The highest BCUT2D eigenvalue weighted by molar-refractivity contribution is 7.98. The molecule has 0 bridgehead atoms. The quantitative estimate of drug-likeness (QED) is 0.666. The third-order valence-electron chi connectivity index (χ3n) is 2.58. The minimum Gasteiger partial charge on any atom is -0.389 e. The standard InChI is InChI=1S/C14H15N3S2/c1-9-6-10(14(15)18)7-13(16-9)17-11-4-3-5-12(8-11)19-2/h3-8H,1-2H3,(H2,15,18)(H,16,17). The molecule has 1 heterocycles. The minimum atomic E-state index is 0.381. The molecule has 0 unspecified atom stereocenters. The lowest BCUT2D eigenvalue weighted by Gasteiger charge is -2.09. The summed E-state index contributed by atoms with van der Waals surface area (Å²) in [5.41, 5.74) is 8.37. The highest BCUT2D eigenvalue weighted by Crippen LogP contribution is 2.22. The second kappa shape index (κ2) is 6.04. The molecule has 0 fully saturated rings. The average molecular weight is 289 g/mol. The van der Waals surface area contributed by atoms with E-state index in [2.05, 4.69) is 28.7 Å². The first-order chi connectivity index (χ1) is 9.08. The van der Waals surface area contributed by atoms with Crippen LogP contribution >= 0.6 is 24.0 Å². The van der Waals surface area contributed by atoms with Crippen molar-refractivity contribution < 1.29 is 0 Å². The summed E-state index contributed by atoms with van der Waals surface area (Å²) in [5, 5.41) is 3.28. The first-order valence-electron chi connectivity index (χ1n) is 5.78. The summed E-state index contributed by atoms with van der Waals surface area (Å²) in [6, 6.07) is 11.9. The largest absolute Gasteiger partial charge is 0.389 e. The Morgan fingerprint density at radius 3 is 2.79 bits per heavy atom. The van der Waals surface area contributed by atoms with Crippen LogP contribution in [-0.4, -0.2) is 16.2 Å². The number of thiocarbonyl (C=S) groups is 1. The van der Waals surface area contributed by atoms with Gasteiger partial charge in [-0.3, -0.25) is 0 Å². The summed E-state index contributed by atoms with van der Waals surface area (Å²) in [4.78, 5) is 6.02. The lowest BCUT2D eigenvalue weighted by atomic mass is 10.2. The Kier molecular flexibility index (Phi) is 4.39. The van der Waals surface area contributed by atoms with Crippen molar-refractivity contribution >= 4 is 40.5 Å². The van der Waals surface area contributed by atoms with Gasteiger partial charge in [0.25, 0.3) is 0 Å². The zero-order chi connectivity index (χ0) is 13.8. The van der Waals surface area contributed by atoms with Crippen LogP contribution < -0.4 is 11.1 Å². The van der Waals surface area contributed by atoms with Gasteiger partial charge in [-0.1, -0.05) is 18.3 Å². The molecule has 0 saturated heterocycles. The van der Waals surface area contributed by atoms with Crippen molar-refractivity contribution in [2.75, 3.05) is 11.6 Å². The van der Waals surface area contributed by atoms with Gasteiger partial charge in [0.15, 0.2) is 0 Å². The van der Waals surface area contributed by atoms with Crippen LogP contribution in [0.5, 0.6) is 0 Å². The number of nitrogens with one attached hydrogen (secondary N) is 1. The highest BCUT2D eigenvalue weighted by atomic mass is 32.2. The van der Waals surface area contributed by atoms with Crippen LogP contribution in [0, 0.1) is 6.92 Å². The van der Waals surface area contributed by atoms with E-state index < -0.39 is 0 Å². The van der Waals surface area contributed by atoms with Crippen molar-refractivity contribution in [3.63, 3.8) is 0 Å².